The fraction of sp³-hybridized carbons (Fsp3) is 0.0435. The molecule has 33 heavy (non-hydrogen) atoms. The topological polar surface area (TPSA) is 80.8 Å². The largest absolute Gasteiger partial charge is 0.378 e. The number of thioether (sulfide) groups is 1. The first-order valence-electron chi connectivity index (χ1n) is 9.52. The van der Waals surface area contributed by atoms with Crippen LogP contribution in [0.2, 0.25) is 5.02 Å². The zero-order valence-corrected chi connectivity index (χ0v) is 20.7. The predicted molar refractivity (Wildman–Crippen MR) is 131 cm³/mol. The number of rotatable bonds is 6. The number of benzene rings is 3. The molecular formula is C23H15BrClNO5S2. The lowest BCUT2D eigenvalue weighted by atomic mass is 10.2. The van der Waals surface area contributed by atoms with E-state index in [9.17, 15) is 18.0 Å². The second-order valence-electron chi connectivity index (χ2n) is 6.93. The number of carbonyl (C=O) groups excluding carboxylic acids is 2. The molecule has 0 saturated carbocycles. The molecule has 10 heteroatoms. The molecule has 0 atom stereocenters. The third kappa shape index (κ3) is 5.50. The lowest BCUT2D eigenvalue weighted by molar-refractivity contribution is -0.123. The number of nitrogens with zero attached hydrogens (tertiary/aromatic N) is 1. The Morgan fingerprint density at radius 1 is 1.00 bits per heavy atom. The molecule has 0 bridgehead atoms. The second kappa shape index (κ2) is 9.72. The van der Waals surface area contributed by atoms with Crippen LogP contribution in [0.25, 0.3) is 6.08 Å². The Kier molecular flexibility index (Phi) is 6.94. The number of halogens is 2. The summed E-state index contributed by atoms with van der Waals surface area (Å²) in [7, 11) is -4.09. The fourth-order valence-corrected chi connectivity index (χ4v) is 5.45. The van der Waals surface area contributed by atoms with Gasteiger partial charge in [0.15, 0.2) is 0 Å². The van der Waals surface area contributed by atoms with Crippen LogP contribution in [0.3, 0.4) is 0 Å². The molecule has 1 aliphatic rings. The fourth-order valence-electron chi connectivity index (χ4n) is 3.06. The first-order chi connectivity index (χ1) is 15.7. The summed E-state index contributed by atoms with van der Waals surface area (Å²) in [5.41, 5.74) is 1.05. The maximum Gasteiger partial charge on any atom is 0.339 e. The van der Waals surface area contributed by atoms with E-state index in [1.807, 2.05) is 0 Å². The third-order valence-corrected chi connectivity index (χ3v) is 7.48. The van der Waals surface area contributed by atoms with Crippen molar-refractivity contribution in [2.45, 2.75) is 11.4 Å². The number of imide groups is 1. The lowest BCUT2D eigenvalue weighted by Gasteiger charge is -2.13. The van der Waals surface area contributed by atoms with Crippen LogP contribution in [0.4, 0.5) is 4.79 Å². The minimum absolute atomic E-state index is 0.000661. The van der Waals surface area contributed by atoms with E-state index >= 15 is 0 Å². The zero-order valence-electron chi connectivity index (χ0n) is 16.8. The Bertz CT molecular complexity index is 1380. The van der Waals surface area contributed by atoms with E-state index in [0.717, 1.165) is 16.7 Å². The van der Waals surface area contributed by atoms with Crippen molar-refractivity contribution in [2.24, 2.45) is 0 Å². The molecule has 1 fully saturated rings. The van der Waals surface area contributed by atoms with Gasteiger partial charge in [-0.15, -0.1) is 0 Å². The van der Waals surface area contributed by atoms with Crippen LogP contribution in [0.5, 0.6) is 5.75 Å². The normalized spacial score (nSPS) is 15.3. The molecule has 0 N–H and O–H groups in total. The van der Waals surface area contributed by atoms with Crippen molar-refractivity contribution in [2.75, 3.05) is 0 Å². The minimum Gasteiger partial charge on any atom is -0.378 e. The van der Waals surface area contributed by atoms with Crippen molar-refractivity contribution in [1.82, 2.24) is 4.90 Å². The van der Waals surface area contributed by atoms with E-state index < -0.39 is 21.3 Å². The molecule has 1 saturated heterocycles. The summed E-state index contributed by atoms with van der Waals surface area (Å²) in [5.74, 6) is -0.453. The smallest absolute Gasteiger partial charge is 0.339 e. The van der Waals surface area contributed by atoms with Crippen molar-refractivity contribution in [3.63, 3.8) is 0 Å². The molecule has 3 aromatic rings. The van der Waals surface area contributed by atoms with E-state index in [1.165, 1.54) is 24.3 Å². The van der Waals surface area contributed by atoms with Crippen LogP contribution in [-0.4, -0.2) is 24.5 Å². The maximum atomic E-state index is 12.9. The molecule has 3 aromatic carbocycles. The highest BCUT2D eigenvalue weighted by Crippen LogP contribution is 2.36. The Morgan fingerprint density at radius 2 is 1.76 bits per heavy atom. The quantitative estimate of drug-likeness (QED) is 0.266. The third-order valence-electron chi connectivity index (χ3n) is 4.59. The molecule has 0 spiro atoms. The number of hydrogen-bond acceptors (Lipinski definition) is 6. The van der Waals surface area contributed by atoms with Gasteiger partial charge in [-0.05, 0) is 65.9 Å². The van der Waals surface area contributed by atoms with Crippen LogP contribution >= 0.6 is 39.3 Å². The SMILES string of the molecule is O=C1S/C(=C\c2cc(Br)ccc2OS(=O)(=O)c2ccccc2)C(=O)N1Cc1cccc(Cl)c1. The molecule has 0 unspecified atom stereocenters. The average Bonchev–Trinajstić information content (AvgIpc) is 3.03. The Hall–Kier alpha value is -2.59. The lowest BCUT2D eigenvalue weighted by Crippen LogP contribution is -2.27. The van der Waals surface area contributed by atoms with Gasteiger partial charge in [0.25, 0.3) is 11.1 Å². The summed E-state index contributed by atoms with van der Waals surface area (Å²) in [4.78, 5) is 26.7. The summed E-state index contributed by atoms with van der Waals surface area (Å²) in [6.07, 6.45) is 1.45. The molecule has 168 valence electrons. The van der Waals surface area contributed by atoms with E-state index in [1.54, 1.807) is 54.6 Å². The van der Waals surface area contributed by atoms with Gasteiger partial charge in [0.2, 0.25) is 0 Å². The van der Waals surface area contributed by atoms with Gasteiger partial charge in [-0.3, -0.25) is 14.5 Å². The van der Waals surface area contributed by atoms with Gasteiger partial charge in [-0.2, -0.15) is 8.42 Å². The van der Waals surface area contributed by atoms with E-state index in [4.69, 9.17) is 15.8 Å². The van der Waals surface area contributed by atoms with Gasteiger partial charge in [-0.25, -0.2) is 0 Å². The summed E-state index contributed by atoms with van der Waals surface area (Å²) < 4.78 is 31.4. The van der Waals surface area contributed by atoms with E-state index in [-0.39, 0.29) is 22.1 Å². The van der Waals surface area contributed by atoms with Crippen LogP contribution in [0, 0.1) is 0 Å². The van der Waals surface area contributed by atoms with Crippen molar-refractivity contribution >= 4 is 66.6 Å². The van der Waals surface area contributed by atoms with Crippen LogP contribution in [-0.2, 0) is 21.5 Å². The summed E-state index contributed by atoms with van der Waals surface area (Å²) >= 11 is 10.1. The standard InChI is InChI=1S/C23H15BrClNO5S2/c24-17-9-10-20(31-33(29,30)19-7-2-1-3-8-19)16(12-17)13-21-22(27)26(23(28)32-21)14-15-5-4-6-18(25)11-15/h1-13H,14H2/b21-13-. The number of carbonyl (C=O) groups is 2. The molecular weight excluding hydrogens is 550 g/mol. The molecule has 1 aliphatic heterocycles. The number of amides is 2. The molecule has 0 aliphatic carbocycles. The Morgan fingerprint density at radius 3 is 2.48 bits per heavy atom. The molecule has 4 rings (SSSR count). The molecule has 1 heterocycles. The molecule has 2 amide bonds. The van der Waals surface area contributed by atoms with E-state index in [0.29, 0.717) is 20.6 Å². The highest BCUT2D eigenvalue weighted by Gasteiger charge is 2.35. The maximum absolute atomic E-state index is 12.9. The highest BCUT2D eigenvalue weighted by atomic mass is 79.9. The van der Waals surface area contributed by atoms with Crippen LogP contribution in [0.15, 0.2) is 87.1 Å². The zero-order chi connectivity index (χ0) is 23.6. The first-order valence-corrected chi connectivity index (χ1v) is 12.9. The van der Waals surface area contributed by atoms with Crippen molar-refractivity contribution in [3.8, 4) is 5.75 Å². The van der Waals surface area contributed by atoms with Gasteiger partial charge in [0.1, 0.15) is 10.6 Å². The predicted octanol–water partition coefficient (Wildman–Crippen LogP) is 6.11. The molecule has 6 nitrogen and oxygen atoms in total. The van der Waals surface area contributed by atoms with Gasteiger partial charge in [0, 0.05) is 15.1 Å². The van der Waals surface area contributed by atoms with Crippen LogP contribution < -0.4 is 4.18 Å². The molecule has 0 radical (unpaired) electrons. The van der Waals surface area contributed by atoms with Gasteiger partial charge in [0.05, 0.1) is 11.4 Å². The summed E-state index contributed by atoms with van der Waals surface area (Å²) in [5, 5.41) is 0.0752. The monoisotopic (exact) mass is 563 g/mol. The Balaban J connectivity index is 1.63. The number of hydrogen-bond donors (Lipinski definition) is 0. The summed E-state index contributed by atoms with van der Waals surface area (Å²) in [6.45, 7) is 0.0762. The van der Waals surface area contributed by atoms with Gasteiger partial charge < -0.3 is 4.18 Å². The van der Waals surface area contributed by atoms with Crippen LogP contribution in [0.1, 0.15) is 11.1 Å². The van der Waals surface area contributed by atoms with Crippen molar-refractivity contribution < 1.29 is 22.2 Å². The van der Waals surface area contributed by atoms with E-state index in [2.05, 4.69) is 15.9 Å². The second-order valence-corrected chi connectivity index (χ2v) is 10.8. The summed E-state index contributed by atoms with van der Waals surface area (Å²) in [6, 6.07) is 19.3. The van der Waals surface area contributed by atoms with Gasteiger partial charge >= 0.3 is 10.1 Å². The minimum atomic E-state index is -4.09. The van der Waals surface area contributed by atoms with Crippen molar-refractivity contribution in [3.05, 3.63) is 98.3 Å². The Labute approximate surface area is 208 Å². The van der Waals surface area contributed by atoms with Gasteiger partial charge in [-0.1, -0.05) is 57.9 Å². The van der Waals surface area contributed by atoms with Crippen molar-refractivity contribution in [1.29, 1.82) is 0 Å². The highest BCUT2D eigenvalue weighted by molar-refractivity contribution is 9.10. The first kappa shape index (κ1) is 23.6. The average molecular weight is 565 g/mol. The molecule has 0 aromatic heterocycles.